The molecular formula is C9H19N3O. The standard InChI is InChI=1S/C9H19N3O/c1-2-10-4-3-9(13)12-7-5-11-6-8-12/h10-11H,2-8H2,1H3. The molecule has 0 aliphatic carbocycles. The third-order valence-electron chi connectivity index (χ3n) is 2.24. The Kier molecular flexibility index (Phi) is 4.78. The molecule has 0 spiro atoms. The summed E-state index contributed by atoms with van der Waals surface area (Å²) in [5, 5.41) is 6.38. The number of nitrogens with one attached hydrogen (secondary N) is 2. The van der Waals surface area contributed by atoms with Crippen LogP contribution in [-0.4, -0.2) is 50.1 Å². The molecule has 4 nitrogen and oxygen atoms in total. The maximum Gasteiger partial charge on any atom is 0.223 e. The summed E-state index contributed by atoms with van der Waals surface area (Å²) in [6.07, 6.45) is 0.633. The van der Waals surface area contributed by atoms with Crippen LogP contribution in [0.4, 0.5) is 0 Å². The second kappa shape index (κ2) is 5.94. The Hall–Kier alpha value is -0.610. The smallest absolute Gasteiger partial charge is 0.223 e. The normalized spacial score (nSPS) is 17.5. The first-order chi connectivity index (χ1) is 6.34. The van der Waals surface area contributed by atoms with E-state index in [4.69, 9.17) is 0 Å². The molecule has 0 saturated carbocycles. The second-order valence-electron chi connectivity index (χ2n) is 3.23. The molecule has 0 bridgehead atoms. The van der Waals surface area contributed by atoms with Crippen LogP contribution in [0.1, 0.15) is 13.3 Å². The summed E-state index contributed by atoms with van der Waals surface area (Å²) < 4.78 is 0. The third-order valence-corrected chi connectivity index (χ3v) is 2.24. The Morgan fingerprint density at radius 1 is 1.46 bits per heavy atom. The average molecular weight is 185 g/mol. The summed E-state index contributed by atoms with van der Waals surface area (Å²) >= 11 is 0. The van der Waals surface area contributed by atoms with Gasteiger partial charge in [0.1, 0.15) is 0 Å². The summed E-state index contributed by atoms with van der Waals surface area (Å²) in [5.74, 6) is 0.280. The lowest BCUT2D eigenvalue weighted by atomic mass is 10.3. The number of carbonyl (C=O) groups is 1. The van der Waals surface area contributed by atoms with Gasteiger partial charge in [0.05, 0.1) is 0 Å². The first kappa shape index (κ1) is 10.5. The van der Waals surface area contributed by atoms with E-state index in [1.165, 1.54) is 0 Å². The zero-order chi connectivity index (χ0) is 9.52. The molecule has 0 unspecified atom stereocenters. The predicted octanol–water partition coefficient (Wildman–Crippen LogP) is -0.582. The van der Waals surface area contributed by atoms with E-state index < -0.39 is 0 Å². The number of nitrogens with zero attached hydrogens (tertiary/aromatic N) is 1. The highest BCUT2D eigenvalue weighted by atomic mass is 16.2. The van der Waals surface area contributed by atoms with Crippen molar-refractivity contribution in [3.05, 3.63) is 0 Å². The fourth-order valence-corrected chi connectivity index (χ4v) is 1.44. The van der Waals surface area contributed by atoms with Crippen LogP contribution in [-0.2, 0) is 4.79 Å². The predicted molar refractivity (Wildman–Crippen MR) is 52.6 cm³/mol. The van der Waals surface area contributed by atoms with E-state index in [0.717, 1.165) is 39.3 Å². The van der Waals surface area contributed by atoms with Crippen molar-refractivity contribution in [3.63, 3.8) is 0 Å². The van der Waals surface area contributed by atoms with Gasteiger partial charge in [-0.1, -0.05) is 6.92 Å². The van der Waals surface area contributed by atoms with E-state index in [-0.39, 0.29) is 5.91 Å². The van der Waals surface area contributed by atoms with Gasteiger partial charge in [-0.15, -0.1) is 0 Å². The highest BCUT2D eigenvalue weighted by Crippen LogP contribution is 1.95. The first-order valence-electron chi connectivity index (χ1n) is 5.04. The van der Waals surface area contributed by atoms with Crippen LogP contribution in [0.25, 0.3) is 0 Å². The molecule has 1 aliphatic rings. The van der Waals surface area contributed by atoms with Gasteiger partial charge in [0.15, 0.2) is 0 Å². The molecule has 2 N–H and O–H groups in total. The molecule has 76 valence electrons. The maximum absolute atomic E-state index is 11.5. The van der Waals surface area contributed by atoms with Crippen LogP contribution in [0, 0.1) is 0 Å². The number of rotatable bonds is 4. The van der Waals surface area contributed by atoms with E-state index in [1.807, 2.05) is 4.90 Å². The van der Waals surface area contributed by atoms with Crippen molar-refractivity contribution in [2.24, 2.45) is 0 Å². The number of carbonyl (C=O) groups excluding carboxylic acids is 1. The fourth-order valence-electron chi connectivity index (χ4n) is 1.44. The van der Waals surface area contributed by atoms with E-state index in [0.29, 0.717) is 6.42 Å². The topological polar surface area (TPSA) is 44.4 Å². The summed E-state index contributed by atoms with van der Waals surface area (Å²) in [4.78, 5) is 13.5. The van der Waals surface area contributed by atoms with Crippen molar-refractivity contribution in [3.8, 4) is 0 Å². The Labute approximate surface area is 79.7 Å². The van der Waals surface area contributed by atoms with Gasteiger partial charge in [0.2, 0.25) is 5.91 Å². The van der Waals surface area contributed by atoms with Crippen molar-refractivity contribution in [1.82, 2.24) is 15.5 Å². The van der Waals surface area contributed by atoms with Gasteiger partial charge < -0.3 is 15.5 Å². The molecule has 1 rings (SSSR count). The summed E-state index contributed by atoms with van der Waals surface area (Å²) in [5.41, 5.74) is 0. The monoisotopic (exact) mass is 185 g/mol. The Morgan fingerprint density at radius 3 is 2.77 bits per heavy atom. The number of amides is 1. The van der Waals surface area contributed by atoms with Crippen LogP contribution in [0.3, 0.4) is 0 Å². The molecule has 13 heavy (non-hydrogen) atoms. The quantitative estimate of drug-likeness (QED) is 0.576. The third kappa shape index (κ3) is 3.74. The van der Waals surface area contributed by atoms with E-state index in [9.17, 15) is 4.79 Å². The van der Waals surface area contributed by atoms with Crippen LogP contribution in [0.2, 0.25) is 0 Å². The maximum atomic E-state index is 11.5. The van der Waals surface area contributed by atoms with Gasteiger partial charge in [0.25, 0.3) is 0 Å². The molecule has 1 amide bonds. The van der Waals surface area contributed by atoms with E-state index >= 15 is 0 Å². The summed E-state index contributed by atoms with van der Waals surface area (Å²) in [6, 6.07) is 0. The van der Waals surface area contributed by atoms with Crippen LogP contribution >= 0.6 is 0 Å². The van der Waals surface area contributed by atoms with Gasteiger partial charge >= 0.3 is 0 Å². The molecule has 4 heteroatoms. The van der Waals surface area contributed by atoms with Crippen molar-refractivity contribution in [2.75, 3.05) is 39.3 Å². The highest BCUT2D eigenvalue weighted by Gasteiger charge is 2.14. The van der Waals surface area contributed by atoms with Crippen LogP contribution < -0.4 is 10.6 Å². The minimum Gasteiger partial charge on any atom is -0.340 e. The Morgan fingerprint density at radius 2 is 2.15 bits per heavy atom. The molecule has 0 aromatic heterocycles. The van der Waals surface area contributed by atoms with Gasteiger partial charge in [0, 0.05) is 39.1 Å². The zero-order valence-corrected chi connectivity index (χ0v) is 8.31. The molecule has 1 fully saturated rings. The van der Waals surface area contributed by atoms with E-state index in [2.05, 4.69) is 17.6 Å². The summed E-state index contributed by atoms with van der Waals surface area (Å²) in [6.45, 7) is 7.40. The largest absolute Gasteiger partial charge is 0.340 e. The van der Waals surface area contributed by atoms with Gasteiger partial charge in [-0.05, 0) is 6.54 Å². The number of piperazine rings is 1. The van der Waals surface area contributed by atoms with Crippen molar-refractivity contribution < 1.29 is 4.79 Å². The van der Waals surface area contributed by atoms with Crippen molar-refractivity contribution >= 4 is 5.91 Å². The Balaban J connectivity index is 2.13. The lowest BCUT2D eigenvalue weighted by molar-refractivity contribution is -0.131. The lowest BCUT2D eigenvalue weighted by Gasteiger charge is -2.27. The molecular weight excluding hydrogens is 166 g/mol. The van der Waals surface area contributed by atoms with Crippen LogP contribution in [0.15, 0.2) is 0 Å². The molecule has 1 aliphatic heterocycles. The first-order valence-corrected chi connectivity index (χ1v) is 5.04. The van der Waals surface area contributed by atoms with Gasteiger partial charge in [-0.25, -0.2) is 0 Å². The number of hydrogen-bond acceptors (Lipinski definition) is 3. The molecule has 0 atom stereocenters. The number of hydrogen-bond donors (Lipinski definition) is 2. The molecule has 1 heterocycles. The average Bonchev–Trinajstić information content (AvgIpc) is 2.19. The van der Waals surface area contributed by atoms with Gasteiger partial charge in [-0.3, -0.25) is 4.79 Å². The molecule has 1 saturated heterocycles. The molecule has 0 aromatic carbocycles. The van der Waals surface area contributed by atoms with Gasteiger partial charge in [-0.2, -0.15) is 0 Å². The minimum absolute atomic E-state index is 0.280. The Bertz CT molecular complexity index is 155. The highest BCUT2D eigenvalue weighted by molar-refractivity contribution is 5.76. The molecule has 0 aromatic rings. The van der Waals surface area contributed by atoms with E-state index in [1.54, 1.807) is 0 Å². The van der Waals surface area contributed by atoms with Crippen molar-refractivity contribution in [2.45, 2.75) is 13.3 Å². The lowest BCUT2D eigenvalue weighted by Crippen LogP contribution is -2.46. The summed E-state index contributed by atoms with van der Waals surface area (Å²) in [7, 11) is 0. The zero-order valence-electron chi connectivity index (χ0n) is 8.31. The molecule has 0 radical (unpaired) electrons. The van der Waals surface area contributed by atoms with Crippen LogP contribution in [0.5, 0.6) is 0 Å². The SMILES string of the molecule is CCNCCC(=O)N1CCNCC1. The minimum atomic E-state index is 0.280. The fraction of sp³-hybridized carbons (Fsp3) is 0.889. The van der Waals surface area contributed by atoms with Crippen molar-refractivity contribution in [1.29, 1.82) is 0 Å². The second-order valence-corrected chi connectivity index (χ2v) is 3.23.